The lowest BCUT2D eigenvalue weighted by Crippen LogP contribution is -2.14. The molecule has 2 aromatic rings. The molecule has 1 aromatic carbocycles. The number of hydrogen-bond acceptors (Lipinski definition) is 5. The zero-order valence-electron chi connectivity index (χ0n) is 9.51. The molecule has 0 bridgehead atoms. The molecule has 0 atom stereocenters. The predicted molar refractivity (Wildman–Crippen MR) is 75.5 cm³/mol. The lowest BCUT2D eigenvalue weighted by Gasteiger charge is -2.08. The minimum absolute atomic E-state index is 0.0828. The summed E-state index contributed by atoms with van der Waals surface area (Å²) < 4.78 is 0.785. The second-order valence-electron chi connectivity index (χ2n) is 3.45. The maximum absolute atomic E-state index is 11.8. The summed E-state index contributed by atoms with van der Waals surface area (Å²) in [6, 6.07) is 5.43. The molecule has 7 heteroatoms. The van der Waals surface area contributed by atoms with Crippen LogP contribution in [0.1, 0.15) is 5.56 Å². The second-order valence-corrected chi connectivity index (χ2v) is 5.92. The number of anilines is 1. The van der Waals surface area contributed by atoms with Gasteiger partial charge in [0.25, 0.3) is 0 Å². The van der Waals surface area contributed by atoms with Gasteiger partial charge in [0.15, 0.2) is 4.34 Å². The molecule has 1 aromatic heterocycles. The minimum atomic E-state index is -0.0828. The SMILES string of the molecule is Cc1c(Cl)cccc1NC(=O)CSc1nncs1. The van der Waals surface area contributed by atoms with Crippen LogP contribution < -0.4 is 5.32 Å². The Labute approximate surface area is 118 Å². The van der Waals surface area contributed by atoms with Gasteiger partial charge in [-0.3, -0.25) is 4.79 Å². The minimum Gasteiger partial charge on any atom is -0.325 e. The van der Waals surface area contributed by atoms with Crippen molar-refractivity contribution in [2.24, 2.45) is 0 Å². The summed E-state index contributed by atoms with van der Waals surface area (Å²) in [5.41, 5.74) is 3.25. The van der Waals surface area contributed by atoms with Gasteiger partial charge in [-0.1, -0.05) is 40.8 Å². The molecule has 2 rings (SSSR count). The number of benzene rings is 1. The highest BCUT2D eigenvalue weighted by molar-refractivity contribution is 8.01. The topological polar surface area (TPSA) is 54.9 Å². The summed E-state index contributed by atoms with van der Waals surface area (Å²) >= 11 is 8.76. The van der Waals surface area contributed by atoms with Gasteiger partial charge in [0.1, 0.15) is 5.51 Å². The number of carbonyl (C=O) groups is 1. The standard InChI is InChI=1S/C11H10ClN3OS2/c1-7-8(12)3-2-4-9(7)14-10(16)5-17-11-15-13-6-18-11/h2-4,6H,5H2,1H3,(H,14,16). The number of thioether (sulfide) groups is 1. The molecule has 94 valence electrons. The quantitative estimate of drug-likeness (QED) is 0.881. The Morgan fingerprint density at radius 3 is 3.11 bits per heavy atom. The van der Waals surface area contributed by atoms with Gasteiger partial charge in [-0.2, -0.15) is 0 Å². The van der Waals surface area contributed by atoms with Crippen molar-refractivity contribution in [1.29, 1.82) is 0 Å². The van der Waals surface area contributed by atoms with Crippen LogP contribution in [0.25, 0.3) is 0 Å². The molecule has 1 amide bonds. The van der Waals surface area contributed by atoms with E-state index in [1.54, 1.807) is 11.6 Å². The van der Waals surface area contributed by atoms with Gasteiger partial charge in [-0.05, 0) is 24.6 Å². The summed E-state index contributed by atoms with van der Waals surface area (Å²) in [4.78, 5) is 11.8. The van der Waals surface area contributed by atoms with E-state index in [2.05, 4.69) is 15.5 Å². The molecule has 0 aliphatic carbocycles. The molecule has 0 saturated carbocycles. The van der Waals surface area contributed by atoms with Gasteiger partial charge in [0.2, 0.25) is 5.91 Å². The number of carbonyl (C=O) groups excluding carboxylic acids is 1. The van der Waals surface area contributed by atoms with E-state index in [0.29, 0.717) is 10.8 Å². The van der Waals surface area contributed by atoms with Crippen molar-refractivity contribution < 1.29 is 4.79 Å². The number of halogens is 1. The van der Waals surface area contributed by atoms with Crippen LogP contribution in [0.15, 0.2) is 28.0 Å². The molecule has 0 saturated heterocycles. The number of aromatic nitrogens is 2. The summed E-state index contributed by atoms with van der Waals surface area (Å²) in [5.74, 6) is 0.224. The van der Waals surface area contributed by atoms with Crippen molar-refractivity contribution in [2.45, 2.75) is 11.3 Å². The van der Waals surface area contributed by atoms with Crippen LogP contribution in [0.2, 0.25) is 5.02 Å². The van der Waals surface area contributed by atoms with E-state index in [1.165, 1.54) is 23.1 Å². The Kier molecular flexibility index (Phi) is 4.57. The molecule has 0 spiro atoms. The molecule has 4 nitrogen and oxygen atoms in total. The Morgan fingerprint density at radius 2 is 2.39 bits per heavy atom. The summed E-state index contributed by atoms with van der Waals surface area (Å²) in [7, 11) is 0. The molecule has 0 aliphatic heterocycles. The van der Waals surface area contributed by atoms with E-state index in [0.717, 1.165) is 15.6 Å². The summed E-state index contributed by atoms with van der Waals surface area (Å²) in [6.45, 7) is 1.87. The normalized spacial score (nSPS) is 10.3. The molecular formula is C11H10ClN3OS2. The van der Waals surface area contributed by atoms with Gasteiger partial charge >= 0.3 is 0 Å². The number of rotatable bonds is 4. The molecular weight excluding hydrogens is 290 g/mol. The van der Waals surface area contributed by atoms with Crippen molar-refractivity contribution in [2.75, 3.05) is 11.1 Å². The second kappa shape index (κ2) is 6.17. The third-order valence-electron chi connectivity index (χ3n) is 2.21. The van der Waals surface area contributed by atoms with Crippen molar-refractivity contribution in [3.8, 4) is 0 Å². The van der Waals surface area contributed by atoms with Crippen LogP contribution in [0.3, 0.4) is 0 Å². The molecule has 18 heavy (non-hydrogen) atoms. The zero-order chi connectivity index (χ0) is 13.0. The fourth-order valence-corrected chi connectivity index (χ4v) is 2.75. The highest BCUT2D eigenvalue weighted by atomic mass is 35.5. The van der Waals surface area contributed by atoms with E-state index in [-0.39, 0.29) is 5.91 Å². The smallest absolute Gasteiger partial charge is 0.234 e. The number of nitrogens with zero attached hydrogens (tertiary/aromatic N) is 2. The zero-order valence-corrected chi connectivity index (χ0v) is 11.9. The molecule has 0 aliphatic rings. The average molecular weight is 300 g/mol. The highest BCUT2D eigenvalue weighted by Crippen LogP contribution is 2.24. The fourth-order valence-electron chi connectivity index (χ4n) is 1.28. The van der Waals surface area contributed by atoms with Crippen LogP contribution in [-0.4, -0.2) is 21.9 Å². The molecule has 0 unspecified atom stereocenters. The monoisotopic (exact) mass is 299 g/mol. The number of hydrogen-bond donors (Lipinski definition) is 1. The van der Waals surface area contributed by atoms with E-state index in [4.69, 9.17) is 11.6 Å². The van der Waals surface area contributed by atoms with Crippen LogP contribution in [-0.2, 0) is 4.79 Å². The van der Waals surface area contributed by atoms with E-state index < -0.39 is 0 Å². The van der Waals surface area contributed by atoms with E-state index >= 15 is 0 Å². The lowest BCUT2D eigenvalue weighted by atomic mass is 10.2. The van der Waals surface area contributed by atoms with E-state index in [1.807, 2.05) is 19.1 Å². The van der Waals surface area contributed by atoms with Crippen LogP contribution >= 0.6 is 34.7 Å². The highest BCUT2D eigenvalue weighted by Gasteiger charge is 2.08. The van der Waals surface area contributed by atoms with Gasteiger partial charge in [-0.25, -0.2) is 0 Å². The maximum atomic E-state index is 11.8. The first kappa shape index (κ1) is 13.3. The first-order valence-corrected chi connectivity index (χ1v) is 7.35. The predicted octanol–water partition coefficient (Wildman–Crippen LogP) is 3.23. The van der Waals surface area contributed by atoms with Gasteiger partial charge in [0.05, 0.1) is 5.75 Å². The summed E-state index contributed by atoms with van der Waals surface area (Å²) in [6.07, 6.45) is 0. The Balaban J connectivity index is 1.93. The van der Waals surface area contributed by atoms with Crippen molar-refractivity contribution in [1.82, 2.24) is 10.2 Å². The van der Waals surface area contributed by atoms with Crippen molar-refractivity contribution in [3.05, 3.63) is 34.3 Å². The van der Waals surface area contributed by atoms with Gasteiger partial charge in [-0.15, -0.1) is 10.2 Å². The molecule has 1 heterocycles. The first-order chi connectivity index (χ1) is 8.66. The van der Waals surface area contributed by atoms with Crippen LogP contribution in [0, 0.1) is 6.92 Å². The maximum Gasteiger partial charge on any atom is 0.234 e. The first-order valence-electron chi connectivity index (χ1n) is 5.11. The largest absolute Gasteiger partial charge is 0.325 e. The van der Waals surface area contributed by atoms with Crippen LogP contribution in [0.5, 0.6) is 0 Å². The van der Waals surface area contributed by atoms with Crippen molar-refractivity contribution in [3.63, 3.8) is 0 Å². The Morgan fingerprint density at radius 1 is 1.56 bits per heavy atom. The third-order valence-corrected chi connectivity index (χ3v) is 4.48. The van der Waals surface area contributed by atoms with Gasteiger partial charge < -0.3 is 5.32 Å². The third kappa shape index (κ3) is 3.44. The van der Waals surface area contributed by atoms with Crippen LogP contribution in [0.4, 0.5) is 5.69 Å². The molecule has 0 fully saturated rings. The average Bonchev–Trinajstić information content (AvgIpc) is 2.86. The Bertz CT molecular complexity index is 545. The lowest BCUT2D eigenvalue weighted by molar-refractivity contribution is -0.113. The fraction of sp³-hybridized carbons (Fsp3) is 0.182. The number of amides is 1. The molecule has 1 N–H and O–H groups in total. The van der Waals surface area contributed by atoms with Gasteiger partial charge in [0, 0.05) is 10.7 Å². The van der Waals surface area contributed by atoms with E-state index in [9.17, 15) is 4.79 Å². The summed E-state index contributed by atoms with van der Waals surface area (Å²) in [5, 5.41) is 11.0. The molecule has 0 radical (unpaired) electrons. The van der Waals surface area contributed by atoms with Crippen molar-refractivity contribution >= 4 is 46.3 Å². The number of nitrogens with one attached hydrogen (secondary N) is 1. The Hall–Kier alpha value is -1.11.